The second-order valence-corrected chi connectivity index (χ2v) is 11.4. The maximum absolute atomic E-state index is 13.5. The van der Waals surface area contributed by atoms with Crippen molar-refractivity contribution in [3.05, 3.63) is 54.1 Å². The van der Waals surface area contributed by atoms with E-state index in [4.69, 9.17) is 15.2 Å². The number of rotatable bonds is 19. The van der Waals surface area contributed by atoms with Crippen LogP contribution in [0, 0.1) is 5.92 Å². The highest BCUT2D eigenvalue weighted by Crippen LogP contribution is 2.30. The lowest BCUT2D eigenvalue weighted by molar-refractivity contribution is -0.503. The van der Waals surface area contributed by atoms with Crippen LogP contribution in [0.15, 0.2) is 48.5 Å². The van der Waals surface area contributed by atoms with Gasteiger partial charge in [0.05, 0.1) is 18.1 Å². The van der Waals surface area contributed by atoms with Gasteiger partial charge in [0.1, 0.15) is 12.6 Å². The highest BCUT2D eigenvalue weighted by molar-refractivity contribution is 5.90. The molecule has 250 valence electrons. The Labute approximate surface area is 268 Å². The number of carbonyl (C=O) groups is 3. The number of carbonyl (C=O) groups excluding carboxylic acids is 3. The van der Waals surface area contributed by atoms with Gasteiger partial charge in [0, 0.05) is 18.5 Å². The van der Waals surface area contributed by atoms with Crippen molar-refractivity contribution in [2.24, 2.45) is 5.92 Å². The first kappa shape index (κ1) is 36.2. The normalized spacial score (nSPS) is 12.6. The summed E-state index contributed by atoms with van der Waals surface area (Å²) >= 11 is 0. The SMILES string of the molecule is CCCCC(=O)N(Cc1ccc(-c2ccccc2-c2nn[nH]n2)cc1)C(C(=O)NCC(=O)OCCCCC(C)ON(O)O)C(C)C. The number of aromatic nitrogens is 4. The molecule has 2 unspecified atom stereocenters. The second kappa shape index (κ2) is 18.7. The number of aromatic amines is 1. The molecule has 3 aromatic rings. The summed E-state index contributed by atoms with van der Waals surface area (Å²) < 4.78 is 5.23. The number of nitrogens with one attached hydrogen (secondary N) is 2. The van der Waals surface area contributed by atoms with Crippen molar-refractivity contribution in [3.63, 3.8) is 0 Å². The molecule has 14 nitrogen and oxygen atoms in total. The van der Waals surface area contributed by atoms with Crippen molar-refractivity contribution in [1.29, 1.82) is 0 Å². The van der Waals surface area contributed by atoms with Crippen molar-refractivity contribution < 1.29 is 34.4 Å². The maximum Gasteiger partial charge on any atom is 0.325 e. The van der Waals surface area contributed by atoms with Crippen LogP contribution in [0.4, 0.5) is 0 Å². The maximum atomic E-state index is 13.5. The minimum absolute atomic E-state index is 0.131. The Balaban J connectivity index is 1.65. The van der Waals surface area contributed by atoms with Crippen molar-refractivity contribution in [2.45, 2.75) is 84.9 Å². The molecule has 14 heteroatoms. The van der Waals surface area contributed by atoms with E-state index in [1.807, 2.05) is 69.3 Å². The number of nitrogens with zero attached hydrogens (tertiary/aromatic N) is 5. The van der Waals surface area contributed by atoms with Crippen molar-refractivity contribution in [1.82, 2.24) is 36.2 Å². The Hall–Kier alpha value is -4.24. The third-order valence-electron chi connectivity index (χ3n) is 7.38. The van der Waals surface area contributed by atoms with E-state index < -0.39 is 24.0 Å². The predicted molar refractivity (Wildman–Crippen MR) is 168 cm³/mol. The molecule has 0 aliphatic carbocycles. The summed E-state index contributed by atoms with van der Waals surface area (Å²) in [6.45, 7) is 7.48. The Kier molecular flexibility index (Phi) is 14.7. The number of benzene rings is 2. The van der Waals surface area contributed by atoms with E-state index in [9.17, 15) is 14.4 Å². The molecule has 0 spiro atoms. The molecule has 1 aromatic heterocycles. The smallest absolute Gasteiger partial charge is 0.325 e. The van der Waals surface area contributed by atoms with Crippen LogP contribution in [0.5, 0.6) is 0 Å². The van der Waals surface area contributed by atoms with Gasteiger partial charge in [0.15, 0.2) is 0 Å². The van der Waals surface area contributed by atoms with Gasteiger partial charge in [-0.2, -0.15) is 5.21 Å². The molecule has 2 amide bonds. The first-order valence-electron chi connectivity index (χ1n) is 15.6. The molecule has 3 rings (SSSR count). The Morgan fingerprint density at radius 2 is 1.70 bits per heavy atom. The summed E-state index contributed by atoms with van der Waals surface area (Å²) in [7, 11) is 0. The molecule has 0 bridgehead atoms. The summed E-state index contributed by atoms with van der Waals surface area (Å²) in [6.07, 6.45) is 3.13. The van der Waals surface area contributed by atoms with E-state index in [0.29, 0.717) is 37.9 Å². The van der Waals surface area contributed by atoms with Crippen molar-refractivity contribution in [3.8, 4) is 22.5 Å². The van der Waals surface area contributed by atoms with Gasteiger partial charge in [-0.25, -0.2) is 4.84 Å². The summed E-state index contributed by atoms with van der Waals surface area (Å²) in [5.41, 5.74) is 3.56. The topological polar surface area (TPSA) is 183 Å². The van der Waals surface area contributed by atoms with Gasteiger partial charge in [0.2, 0.25) is 17.6 Å². The van der Waals surface area contributed by atoms with Gasteiger partial charge in [-0.3, -0.25) is 24.8 Å². The predicted octanol–water partition coefficient (Wildman–Crippen LogP) is 4.31. The van der Waals surface area contributed by atoms with Crippen LogP contribution < -0.4 is 5.32 Å². The lowest BCUT2D eigenvalue weighted by atomic mass is 9.97. The summed E-state index contributed by atoms with van der Waals surface area (Å²) in [4.78, 5) is 45.5. The highest BCUT2D eigenvalue weighted by atomic mass is 17.1. The zero-order valence-electron chi connectivity index (χ0n) is 26.9. The average Bonchev–Trinajstić information content (AvgIpc) is 3.57. The third-order valence-corrected chi connectivity index (χ3v) is 7.38. The van der Waals surface area contributed by atoms with E-state index in [0.717, 1.165) is 28.7 Å². The van der Waals surface area contributed by atoms with E-state index in [1.54, 1.807) is 11.8 Å². The second-order valence-electron chi connectivity index (χ2n) is 11.4. The third kappa shape index (κ3) is 11.3. The monoisotopic (exact) mass is 639 g/mol. The number of tetrazole rings is 1. The molecule has 0 aliphatic heterocycles. The number of H-pyrrole nitrogens is 1. The minimum Gasteiger partial charge on any atom is -0.464 e. The van der Waals surface area contributed by atoms with Crippen LogP contribution in [0.3, 0.4) is 0 Å². The molecule has 0 aliphatic rings. The van der Waals surface area contributed by atoms with Crippen LogP contribution in [0.25, 0.3) is 22.5 Å². The van der Waals surface area contributed by atoms with Gasteiger partial charge in [-0.05, 0) is 60.4 Å². The Bertz CT molecular complexity index is 1370. The van der Waals surface area contributed by atoms with Gasteiger partial charge in [0.25, 0.3) is 0 Å². The molecule has 2 aromatic carbocycles. The fourth-order valence-electron chi connectivity index (χ4n) is 5.06. The lowest BCUT2D eigenvalue weighted by Gasteiger charge is -2.34. The zero-order valence-corrected chi connectivity index (χ0v) is 26.9. The van der Waals surface area contributed by atoms with Gasteiger partial charge >= 0.3 is 5.97 Å². The average molecular weight is 640 g/mol. The van der Waals surface area contributed by atoms with Gasteiger partial charge in [-0.15, -0.1) is 10.2 Å². The molecule has 46 heavy (non-hydrogen) atoms. The summed E-state index contributed by atoms with van der Waals surface area (Å²) in [5.74, 6) is -0.876. The Morgan fingerprint density at radius 1 is 0.978 bits per heavy atom. The molecule has 0 saturated carbocycles. The molecule has 1 heterocycles. The highest BCUT2D eigenvalue weighted by Gasteiger charge is 2.32. The molecule has 4 N–H and O–H groups in total. The first-order valence-corrected chi connectivity index (χ1v) is 15.6. The largest absolute Gasteiger partial charge is 0.464 e. The van der Waals surface area contributed by atoms with Crippen LogP contribution in [-0.4, -0.2) is 84.4 Å². The molecular weight excluding hydrogens is 594 g/mol. The van der Waals surface area contributed by atoms with Crippen molar-refractivity contribution >= 4 is 17.8 Å². The van der Waals surface area contributed by atoms with Crippen LogP contribution in [0.1, 0.15) is 71.8 Å². The number of ether oxygens (including phenoxy) is 1. The molecule has 0 radical (unpaired) electrons. The van der Waals surface area contributed by atoms with E-state index in [2.05, 4.69) is 30.8 Å². The number of hydrogen-bond donors (Lipinski definition) is 4. The first-order chi connectivity index (χ1) is 22.1. The zero-order chi connectivity index (χ0) is 33.5. The van der Waals surface area contributed by atoms with Gasteiger partial charge in [-0.1, -0.05) is 75.7 Å². The number of amides is 2. The molecule has 0 fully saturated rings. The van der Waals surface area contributed by atoms with Crippen LogP contribution in [0.2, 0.25) is 0 Å². The quantitative estimate of drug-likeness (QED) is 0.0833. The molecule has 0 saturated heterocycles. The number of hydrogen-bond acceptors (Lipinski definition) is 11. The summed E-state index contributed by atoms with van der Waals surface area (Å²) in [6, 6.07) is 14.7. The fraction of sp³-hybridized carbons (Fsp3) is 0.500. The fourth-order valence-corrected chi connectivity index (χ4v) is 5.06. The van der Waals surface area contributed by atoms with E-state index in [1.165, 1.54) is 0 Å². The Morgan fingerprint density at radius 3 is 2.33 bits per heavy atom. The van der Waals surface area contributed by atoms with Crippen molar-refractivity contribution in [2.75, 3.05) is 13.2 Å². The standard InChI is InChI=1S/C32H45N7O7/c1-5-6-14-28(40)38(21-24-15-17-25(18-16-24)26-12-7-8-13-27(26)31-34-36-37-35-31)30(22(2)3)32(42)33-20-29(41)45-19-10-9-11-23(4)46-39(43)44/h7-8,12-13,15-18,22-23,30,43-44H,5-6,9-11,14,19-21H2,1-4H3,(H,33,42)(H,34,35,36,37). The number of esters is 1. The van der Waals surface area contributed by atoms with E-state index >= 15 is 0 Å². The lowest BCUT2D eigenvalue weighted by Crippen LogP contribution is -2.52. The molecule has 2 atom stereocenters. The minimum atomic E-state index is -0.796. The molecular formula is C32H45N7O7. The van der Waals surface area contributed by atoms with E-state index in [-0.39, 0.29) is 36.9 Å². The summed E-state index contributed by atoms with van der Waals surface area (Å²) in [5, 5.41) is 34.1. The number of unbranched alkanes of at least 4 members (excludes halogenated alkanes) is 2. The van der Waals surface area contributed by atoms with Crippen LogP contribution in [-0.2, 0) is 30.5 Å². The van der Waals surface area contributed by atoms with Gasteiger partial charge < -0.3 is 15.0 Å². The van der Waals surface area contributed by atoms with Crippen LogP contribution >= 0.6 is 0 Å².